The lowest BCUT2D eigenvalue weighted by Gasteiger charge is -2.24. The quantitative estimate of drug-likeness (QED) is 0.906. The molecule has 0 bridgehead atoms. The van der Waals surface area contributed by atoms with Crippen LogP contribution in [0.2, 0.25) is 0 Å². The lowest BCUT2D eigenvalue weighted by atomic mass is 10.1. The second-order valence-corrected chi connectivity index (χ2v) is 7.83. The van der Waals surface area contributed by atoms with Crippen LogP contribution < -0.4 is 5.32 Å². The summed E-state index contributed by atoms with van der Waals surface area (Å²) in [5.41, 5.74) is 1.88. The highest BCUT2D eigenvalue weighted by Crippen LogP contribution is 2.30. The summed E-state index contributed by atoms with van der Waals surface area (Å²) in [4.78, 5) is 16.1. The van der Waals surface area contributed by atoms with Gasteiger partial charge in [-0.25, -0.2) is 9.78 Å². The van der Waals surface area contributed by atoms with E-state index in [9.17, 15) is 4.79 Å². The molecule has 122 valence electrons. The maximum absolute atomic E-state index is 11.9. The fraction of sp³-hybridized carbons (Fsp3) is 0.647. The molecule has 1 unspecified atom stereocenters. The van der Waals surface area contributed by atoms with Crippen molar-refractivity contribution in [1.29, 1.82) is 0 Å². The molecule has 1 aromatic rings. The van der Waals surface area contributed by atoms with Crippen molar-refractivity contribution in [2.75, 3.05) is 0 Å². The molecule has 1 atom stereocenters. The van der Waals surface area contributed by atoms with Crippen LogP contribution in [0.25, 0.3) is 5.57 Å². The fourth-order valence-electron chi connectivity index (χ4n) is 2.58. The van der Waals surface area contributed by atoms with Crippen LogP contribution in [0.3, 0.4) is 0 Å². The summed E-state index contributed by atoms with van der Waals surface area (Å²) in [5, 5.41) is 2.94. The summed E-state index contributed by atoms with van der Waals surface area (Å²) < 4.78 is 7.49. The van der Waals surface area contributed by atoms with E-state index >= 15 is 0 Å². The molecule has 5 heteroatoms. The number of aromatic nitrogens is 2. The van der Waals surface area contributed by atoms with Crippen LogP contribution >= 0.6 is 0 Å². The monoisotopic (exact) mass is 305 g/mol. The Morgan fingerprint density at radius 1 is 1.32 bits per heavy atom. The third-order valence-electron chi connectivity index (χ3n) is 3.53. The highest BCUT2D eigenvalue weighted by atomic mass is 16.6. The number of hydrogen-bond donors (Lipinski definition) is 1. The molecule has 0 spiro atoms. The molecule has 0 aromatic carbocycles. The van der Waals surface area contributed by atoms with Crippen LogP contribution in [0.1, 0.15) is 60.1 Å². The average molecular weight is 305 g/mol. The van der Waals surface area contributed by atoms with E-state index in [0.717, 1.165) is 18.5 Å². The van der Waals surface area contributed by atoms with E-state index in [4.69, 9.17) is 4.74 Å². The number of carbonyl (C=O) groups is 1. The van der Waals surface area contributed by atoms with Crippen LogP contribution in [-0.2, 0) is 10.3 Å². The van der Waals surface area contributed by atoms with Gasteiger partial charge >= 0.3 is 6.09 Å². The number of rotatable bonds is 2. The molecule has 0 saturated heterocycles. The van der Waals surface area contributed by atoms with Gasteiger partial charge in [-0.2, -0.15) is 0 Å². The van der Waals surface area contributed by atoms with Crippen LogP contribution in [-0.4, -0.2) is 27.3 Å². The Balaban J connectivity index is 1.99. The van der Waals surface area contributed by atoms with Crippen LogP contribution in [0, 0.1) is 0 Å². The van der Waals surface area contributed by atoms with Gasteiger partial charge in [0, 0.05) is 11.6 Å². The third kappa shape index (κ3) is 4.12. The van der Waals surface area contributed by atoms with E-state index in [0.29, 0.717) is 0 Å². The average Bonchev–Trinajstić information content (AvgIpc) is 2.91. The number of ether oxygens (including phenoxy) is 1. The lowest BCUT2D eigenvalue weighted by molar-refractivity contribution is 0.0507. The molecule has 1 aliphatic rings. The van der Waals surface area contributed by atoms with Crippen molar-refractivity contribution in [2.45, 2.75) is 71.6 Å². The second kappa shape index (κ2) is 5.78. The molecular weight excluding hydrogens is 278 g/mol. The number of hydrogen-bond acceptors (Lipinski definition) is 3. The minimum absolute atomic E-state index is 0.0106. The summed E-state index contributed by atoms with van der Waals surface area (Å²) in [6, 6.07) is 0.0909. The second-order valence-electron chi connectivity index (χ2n) is 7.83. The lowest BCUT2D eigenvalue weighted by Crippen LogP contribution is -2.38. The maximum atomic E-state index is 11.9. The predicted molar refractivity (Wildman–Crippen MR) is 87.6 cm³/mol. The smallest absolute Gasteiger partial charge is 0.407 e. The number of alkyl carbamates (subject to hydrolysis) is 1. The van der Waals surface area contributed by atoms with E-state index in [1.165, 1.54) is 5.57 Å². The van der Waals surface area contributed by atoms with Gasteiger partial charge in [-0.3, -0.25) is 0 Å². The highest BCUT2D eigenvalue weighted by molar-refractivity contribution is 5.71. The molecule has 2 rings (SSSR count). The Bertz CT molecular complexity index is 573. The molecule has 1 aliphatic carbocycles. The Morgan fingerprint density at radius 2 is 2.00 bits per heavy atom. The van der Waals surface area contributed by atoms with Gasteiger partial charge in [0.05, 0.1) is 18.2 Å². The van der Waals surface area contributed by atoms with Crippen LogP contribution in [0.5, 0.6) is 0 Å². The molecule has 1 amide bonds. The van der Waals surface area contributed by atoms with E-state index in [2.05, 4.69) is 41.7 Å². The van der Waals surface area contributed by atoms with Crippen molar-refractivity contribution >= 4 is 11.7 Å². The predicted octanol–water partition coefficient (Wildman–Crippen LogP) is 3.71. The number of nitrogens with zero attached hydrogens (tertiary/aromatic N) is 2. The van der Waals surface area contributed by atoms with Crippen molar-refractivity contribution in [3.05, 3.63) is 24.3 Å². The molecule has 0 radical (unpaired) electrons. The zero-order valence-corrected chi connectivity index (χ0v) is 14.4. The van der Waals surface area contributed by atoms with Crippen molar-refractivity contribution < 1.29 is 9.53 Å². The van der Waals surface area contributed by atoms with Gasteiger partial charge in [-0.15, -0.1) is 0 Å². The molecule has 1 heterocycles. The van der Waals surface area contributed by atoms with E-state index in [-0.39, 0.29) is 17.7 Å². The van der Waals surface area contributed by atoms with Crippen molar-refractivity contribution in [3.63, 3.8) is 0 Å². The largest absolute Gasteiger partial charge is 0.444 e. The summed E-state index contributed by atoms with van der Waals surface area (Å²) in [6.07, 6.45) is 7.22. The first kappa shape index (κ1) is 16.6. The molecule has 1 N–H and O–H groups in total. The maximum Gasteiger partial charge on any atom is 0.407 e. The van der Waals surface area contributed by atoms with E-state index < -0.39 is 5.60 Å². The van der Waals surface area contributed by atoms with Crippen LogP contribution in [0.4, 0.5) is 4.79 Å². The van der Waals surface area contributed by atoms with Gasteiger partial charge in [0.25, 0.3) is 0 Å². The van der Waals surface area contributed by atoms with Gasteiger partial charge in [0.15, 0.2) is 0 Å². The van der Waals surface area contributed by atoms with Gasteiger partial charge < -0.3 is 14.6 Å². The van der Waals surface area contributed by atoms with Gasteiger partial charge in [-0.05, 0) is 60.0 Å². The van der Waals surface area contributed by atoms with Crippen molar-refractivity contribution in [2.24, 2.45) is 0 Å². The first-order valence-corrected chi connectivity index (χ1v) is 7.78. The first-order chi connectivity index (χ1) is 10.1. The Kier molecular flexibility index (Phi) is 4.36. The topological polar surface area (TPSA) is 56.1 Å². The molecular formula is C17H27N3O2. The Morgan fingerprint density at radius 3 is 2.59 bits per heavy atom. The minimum atomic E-state index is -0.468. The molecule has 0 aliphatic heterocycles. The zero-order chi connectivity index (χ0) is 16.5. The molecule has 1 aromatic heterocycles. The SMILES string of the molecule is CC(C)(C)OC(=O)NC1CC=C(c2cncn2C(C)(C)C)C1. The molecule has 0 fully saturated rings. The summed E-state index contributed by atoms with van der Waals surface area (Å²) in [7, 11) is 0. The summed E-state index contributed by atoms with van der Waals surface area (Å²) in [5.74, 6) is 0. The number of amides is 1. The van der Waals surface area contributed by atoms with Crippen molar-refractivity contribution in [3.8, 4) is 0 Å². The molecule has 0 saturated carbocycles. The van der Waals surface area contributed by atoms with Crippen molar-refractivity contribution in [1.82, 2.24) is 14.9 Å². The molecule has 22 heavy (non-hydrogen) atoms. The zero-order valence-electron chi connectivity index (χ0n) is 14.4. The Hall–Kier alpha value is -1.78. The van der Waals surface area contributed by atoms with Gasteiger partial charge in [0.2, 0.25) is 0 Å². The minimum Gasteiger partial charge on any atom is -0.444 e. The number of imidazole rings is 1. The Labute approximate surface area is 132 Å². The number of carbonyl (C=O) groups excluding carboxylic acids is 1. The normalized spacial score (nSPS) is 19.0. The van der Waals surface area contributed by atoms with E-state index in [1.807, 2.05) is 33.3 Å². The summed E-state index contributed by atoms with van der Waals surface area (Å²) >= 11 is 0. The fourth-order valence-corrected chi connectivity index (χ4v) is 2.58. The van der Waals surface area contributed by atoms with Crippen LogP contribution in [0.15, 0.2) is 18.6 Å². The van der Waals surface area contributed by atoms with Gasteiger partial charge in [-0.1, -0.05) is 6.08 Å². The third-order valence-corrected chi connectivity index (χ3v) is 3.53. The van der Waals surface area contributed by atoms with Gasteiger partial charge in [0.1, 0.15) is 5.60 Å². The summed E-state index contributed by atoms with van der Waals surface area (Å²) in [6.45, 7) is 12.1. The van der Waals surface area contributed by atoms with E-state index in [1.54, 1.807) is 0 Å². The highest BCUT2D eigenvalue weighted by Gasteiger charge is 2.26. The standard InChI is InChI=1S/C17H27N3O2/c1-16(2,3)20-11-18-10-14(20)12-7-8-13(9-12)19-15(21)22-17(4,5)6/h7,10-11,13H,8-9H2,1-6H3,(H,19,21). The molecule has 5 nitrogen and oxygen atoms in total. The first-order valence-electron chi connectivity index (χ1n) is 7.78. The number of nitrogens with one attached hydrogen (secondary N) is 1.